The van der Waals surface area contributed by atoms with Gasteiger partial charge in [-0.25, -0.2) is 0 Å². The maximum Gasteiger partial charge on any atom is 0.239 e. The van der Waals surface area contributed by atoms with Crippen molar-refractivity contribution in [2.45, 2.75) is 104 Å². The summed E-state index contributed by atoms with van der Waals surface area (Å²) < 4.78 is 0. The van der Waals surface area contributed by atoms with Crippen LogP contribution in [0.15, 0.2) is 0 Å². The predicted octanol–water partition coefficient (Wildman–Crippen LogP) is 6.09. The van der Waals surface area contributed by atoms with E-state index in [2.05, 4.69) is 26.8 Å². The Morgan fingerprint density at radius 3 is 1.71 bits per heavy atom. The van der Waals surface area contributed by atoms with Gasteiger partial charge in [-0.1, -0.05) is 85.0 Å². The van der Waals surface area contributed by atoms with Crippen LogP contribution in [-0.2, 0) is 4.79 Å². The predicted molar refractivity (Wildman–Crippen MR) is 103 cm³/mol. The third-order valence-corrected chi connectivity index (χ3v) is 4.68. The van der Waals surface area contributed by atoms with E-state index in [9.17, 15) is 10.1 Å². The zero-order chi connectivity index (χ0) is 18.0. The molecule has 0 aliphatic carbocycles. The van der Waals surface area contributed by atoms with E-state index in [1.165, 1.54) is 38.5 Å². The van der Waals surface area contributed by atoms with Gasteiger partial charge in [0, 0.05) is 13.1 Å². The quantitative estimate of drug-likeness (QED) is 0.320. The minimum atomic E-state index is -0.432. The van der Waals surface area contributed by atoms with Crippen molar-refractivity contribution in [1.29, 1.82) is 5.26 Å². The number of nitrogens with zero attached hydrogens (tertiary/aromatic N) is 2. The Bertz CT molecular complexity index is 327. The Morgan fingerprint density at radius 1 is 0.792 bits per heavy atom. The van der Waals surface area contributed by atoms with E-state index in [1.54, 1.807) is 0 Å². The zero-order valence-corrected chi connectivity index (χ0v) is 16.5. The summed E-state index contributed by atoms with van der Waals surface area (Å²) in [4.78, 5) is 14.6. The maximum atomic E-state index is 12.6. The molecule has 0 aliphatic heterocycles. The Kier molecular flexibility index (Phi) is 16.1. The van der Waals surface area contributed by atoms with E-state index in [-0.39, 0.29) is 5.91 Å². The first-order chi connectivity index (χ1) is 11.7. The molecule has 0 heterocycles. The van der Waals surface area contributed by atoms with Crippen molar-refractivity contribution in [2.24, 2.45) is 5.92 Å². The smallest absolute Gasteiger partial charge is 0.239 e. The van der Waals surface area contributed by atoms with E-state index in [1.807, 2.05) is 4.90 Å². The summed E-state index contributed by atoms with van der Waals surface area (Å²) in [7, 11) is 0. The summed E-state index contributed by atoms with van der Waals surface area (Å²) in [5.74, 6) is -0.360. The molecule has 0 rings (SSSR count). The molecule has 3 heteroatoms. The largest absolute Gasteiger partial charge is 0.342 e. The number of carbonyl (C=O) groups is 1. The summed E-state index contributed by atoms with van der Waals surface area (Å²) in [5, 5.41) is 9.40. The van der Waals surface area contributed by atoms with Crippen LogP contribution in [0.25, 0.3) is 0 Å². The molecule has 24 heavy (non-hydrogen) atoms. The van der Waals surface area contributed by atoms with Crippen LogP contribution in [0.3, 0.4) is 0 Å². The molecule has 0 aromatic carbocycles. The summed E-state index contributed by atoms with van der Waals surface area (Å²) in [6.07, 6.45) is 15.0. The standard InChI is InChI=1S/C21H40N2O/c1-4-7-10-11-12-13-14-15-16-20(19-22)21(24)23(17-8-5-2)18-9-6-3/h20H,4-18H2,1-3H3. The Morgan fingerprint density at radius 2 is 1.25 bits per heavy atom. The molecule has 1 atom stereocenters. The van der Waals surface area contributed by atoms with Crippen LogP contribution >= 0.6 is 0 Å². The third-order valence-electron chi connectivity index (χ3n) is 4.68. The molecule has 0 fully saturated rings. The van der Waals surface area contributed by atoms with Crippen LogP contribution in [0.5, 0.6) is 0 Å². The van der Waals surface area contributed by atoms with Crippen LogP contribution in [0.4, 0.5) is 0 Å². The molecule has 1 amide bonds. The molecular weight excluding hydrogens is 296 g/mol. The Balaban J connectivity index is 4.09. The first kappa shape index (κ1) is 23.0. The van der Waals surface area contributed by atoms with Gasteiger partial charge in [-0.05, 0) is 19.3 Å². The van der Waals surface area contributed by atoms with Crippen LogP contribution < -0.4 is 0 Å². The number of hydrogen-bond donors (Lipinski definition) is 0. The maximum absolute atomic E-state index is 12.6. The van der Waals surface area contributed by atoms with Crippen molar-refractivity contribution in [3.8, 4) is 6.07 Å². The van der Waals surface area contributed by atoms with Gasteiger partial charge >= 0.3 is 0 Å². The summed E-state index contributed by atoms with van der Waals surface area (Å²) in [6, 6.07) is 2.26. The number of rotatable bonds is 16. The lowest BCUT2D eigenvalue weighted by Gasteiger charge is -2.24. The van der Waals surface area contributed by atoms with Gasteiger partial charge in [-0.3, -0.25) is 4.79 Å². The number of carbonyl (C=O) groups excluding carboxylic acids is 1. The van der Waals surface area contributed by atoms with Crippen LogP contribution in [0.1, 0.15) is 104 Å². The van der Waals surface area contributed by atoms with Crippen LogP contribution in [0.2, 0.25) is 0 Å². The fraction of sp³-hybridized carbons (Fsp3) is 0.905. The second-order valence-electron chi connectivity index (χ2n) is 6.98. The van der Waals surface area contributed by atoms with Crippen molar-refractivity contribution in [3.05, 3.63) is 0 Å². The Hall–Kier alpha value is -1.04. The number of amides is 1. The molecule has 0 N–H and O–H groups in total. The summed E-state index contributed by atoms with van der Waals surface area (Å²) in [5.41, 5.74) is 0. The second kappa shape index (κ2) is 16.8. The highest BCUT2D eigenvalue weighted by Crippen LogP contribution is 2.16. The van der Waals surface area contributed by atoms with E-state index < -0.39 is 5.92 Å². The molecule has 1 unspecified atom stereocenters. The van der Waals surface area contributed by atoms with E-state index in [0.29, 0.717) is 0 Å². The lowest BCUT2D eigenvalue weighted by molar-refractivity contribution is -0.134. The molecule has 0 saturated heterocycles. The van der Waals surface area contributed by atoms with Gasteiger partial charge in [-0.15, -0.1) is 0 Å². The lowest BCUT2D eigenvalue weighted by atomic mass is 9.99. The fourth-order valence-electron chi connectivity index (χ4n) is 2.98. The first-order valence-corrected chi connectivity index (χ1v) is 10.4. The van der Waals surface area contributed by atoms with Gasteiger partial charge in [0.05, 0.1) is 6.07 Å². The molecule has 0 aliphatic rings. The average Bonchev–Trinajstić information content (AvgIpc) is 2.60. The fourth-order valence-corrected chi connectivity index (χ4v) is 2.98. The molecule has 0 saturated carbocycles. The molecular formula is C21H40N2O. The van der Waals surface area contributed by atoms with Crippen molar-refractivity contribution in [2.75, 3.05) is 13.1 Å². The van der Waals surface area contributed by atoms with Crippen LogP contribution in [-0.4, -0.2) is 23.9 Å². The van der Waals surface area contributed by atoms with Crippen molar-refractivity contribution >= 4 is 5.91 Å². The zero-order valence-electron chi connectivity index (χ0n) is 16.5. The molecule has 0 radical (unpaired) electrons. The lowest BCUT2D eigenvalue weighted by Crippen LogP contribution is -2.37. The van der Waals surface area contributed by atoms with Gasteiger partial charge in [0.2, 0.25) is 5.91 Å². The molecule has 140 valence electrons. The number of unbranched alkanes of at least 4 members (excludes halogenated alkanes) is 9. The Labute approximate surface area is 150 Å². The summed E-state index contributed by atoms with van der Waals surface area (Å²) in [6.45, 7) is 8.15. The second-order valence-corrected chi connectivity index (χ2v) is 6.98. The van der Waals surface area contributed by atoms with Gasteiger partial charge in [0.25, 0.3) is 0 Å². The minimum Gasteiger partial charge on any atom is -0.342 e. The average molecular weight is 337 g/mol. The van der Waals surface area contributed by atoms with E-state index >= 15 is 0 Å². The molecule has 0 bridgehead atoms. The highest BCUT2D eigenvalue weighted by atomic mass is 16.2. The topological polar surface area (TPSA) is 44.1 Å². The number of hydrogen-bond acceptors (Lipinski definition) is 2. The van der Waals surface area contributed by atoms with Crippen molar-refractivity contribution in [3.63, 3.8) is 0 Å². The molecule has 0 spiro atoms. The van der Waals surface area contributed by atoms with Crippen molar-refractivity contribution < 1.29 is 4.79 Å². The van der Waals surface area contributed by atoms with Gasteiger partial charge in [0.15, 0.2) is 0 Å². The minimum absolute atomic E-state index is 0.0716. The van der Waals surface area contributed by atoms with Crippen molar-refractivity contribution in [1.82, 2.24) is 4.90 Å². The molecule has 3 nitrogen and oxygen atoms in total. The monoisotopic (exact) mass is 336 g/mol. The van der Waals surface area contributed by atoms with Crippen LogP contribution in [0, 0.1) is 17.2 Å². The van der Waals surface area contributed by atoms with E-state index in [4.69, 9.17) is 0 Å². The summed E-state index contributed by atoms with van der Waals surface area (Å²) >= 11 is 0. The first-order valence-electron chi connectivity index (χ1n) is 10.4. The molecule has 0 aromatic rings. The third kappa shape index (κ3) is 11.5. The normalized spacial score (nSPS) is 11.9. The highest BCUT2D eigenvalue weighted by Gasteiger charge is 2.23. The van der Waals surface area contributed by atoms with E-state index in [0.717, 1.165) is 58.0 Å². The molecule has 0 aromatic heterocycles. The SMILES string of the molecule is CCCCCCCCCCC(C#N)C(=O)N(CCCC)CCCC. The van der Waals surface area contributed by atoms with Gasteiger partial charge in [0.1, 0.15) is 5.92 Å². The number of nitriles is 1. The van der Waals surface area contributed by atoms with Gasteiger partial charge in [-0.2, -0.15) is 5.26 Å². The highest BCUT2D eigenvalue weighted by molar-refractivity contribution is 5.81. The van der Waals surface area contributed by atoms with Gasteiger partial charge < -0.3 is 4.90 Å².